The van der Waals surface area contributed by atoms with Crippen molar-refractivity contribution < 1.29 is 34.2 Å². The highest BCUT2D eigenvalue weighted by Gasteiger charge is 2.31. The summed E-state index contributed by atoms with van der Waals surface area (Å²) in [4.78, 5) is 19.8. The molecule has 0 aromatic heterocycles. The first-order valence-electron chi connectivity index (χ1n) is 2.59. The molecule has 0 radical (unpaired) electrons. The van der Waals surface area contributed by atoms with Crippen LogP contribution < -0.4 is 0 Å². The minimum absolute atomic E-state index is 1.85. The van der Waals surface area contributed by atoms with E-state index in [1.165, 1.54) is 0 Å². The van der Waals surface area contributed by atoms with Gasteiger partial charge in [-0.2, -0.15) is 0 Å². The summed E-state index contributed by atoms with van der Waals surface area (Å²) in [5.74, 6) is -3.71. The number of carboxylic acids is 2. The lowest BCUT2D eigenvalue weighted by atomic mass is 10.7. The fourth-order valence-electron chi connectivity index (χ4n) is 0.321. The highest BCUT2D eigenvalue weighted by atomic mass is 32.2. The molecule has 2 atom stereocenters. The van der Waals surface area contributed by atoms with Gasteiger partial charge in [0.25, 0.3) is 0 Å². The standard InChI is InChI=1S/C4H6O7S/c5-1(6)3(9)12(11)4(10)2(7)8/h3-4,9-10H,(H,5,6)(H,7,8). The summed E-state index contributed by atoms with van der Waals surface area (Å²) >= 11 is 0. The van der Waals surface area contributed by atoms with Crippen LogP contribution in [0.4, 0.5) is 0 Å². The third kappa shape index (κ3) is 2.57. The van der Waals surface area contributed by atoms with Crippen LogP contribution in [0.1, 0.15) is 0 Å². The fourth-order valence-corrected chi connectivity index (χ4v) is 0.962. The lowest BCUT2D eigenvalue weighted by Gasteiger charge is -2.07. The molecule has 0 aromatic carbocycles. The normalized spacial score (nSPS) is 17.8. The summed E-state index contributed by atoms with van der Waals surface area (Å²) in [5, 5.41) is 33.1. The Hall–Kier alpha value is -0.990. The molecule has 2 unspecified atom stereocenters. The van der Waals surface area contributed by atoms with Gasteiger partial charge < -0.3 is 20.4 Å². The molecular formula is C4H6O7S. The van der Waals surface area contributed by atoms with Crippen LogP contribution in [0.15, 0.2) is 0 Å². The van der Waals surface area contributed by atoms with Crippen molar-refractivity contribution in [3.05, 3.63) is 0 Å². The van der Waals surface area contributed by atoms with Crippen molar-refractivity contribution in [2.45, 2.75) is 10.9 Å². The summed E-state index contributed by atoms with van der Waals surface area (Å²) in [6.45, 7) is 0. The lowest BCUT2D eigenvalue weighted by Crippen LogP contribution is -2.36. The highest BCUT2D eigenvalue weighted by Crippen LogP contribution is 1.99. The molecule has 0 saturated carbocycles. The SMILES string of the molecule is O=C(O)C(O)S(=O)C(O)C(=O)O. The van der Waals surface area contributed by atoms with E-state index < -0.39 is 33.6 Å². The van der Waals surface area contributed by atoms with Gasteiger partial charge in [-0.1, -0.05) is 0 Å². The maximum Gasteiger partial charge on any atom is 0.345 e. The van der Waals surface area contributed by atoms with Gasteiger partial charge in [-0.3, -0.25) is 4.21 Å². The number of hydrogen-bond acceptors (Lipinski definition) is 5. The lowest BCUT2D eigenvalue weighted by molar-refractivity contribution is -0.143. The molecule has 7 nitrogen and oxygen atoms in total. The van der Waals surface area contributed by atoms with Gasteiger partial charge >= 0.3 is 11.9 Å². The second-order valence-electron chi connectivity index (χ2n) is 1.71. The second kappa shape index (κ2) is 4.14. The van der Waals surface area contributed by atoms with Gasteiger partial charge in [-0.25, -0.2) is 9.59 Å². The van der Waals surface area contributed by atoms with Gasteiger partial charge in [-0.05, 0) is 0 Å². The molecule has 0 rings (SSSR count). The molecular weight excluding hydrogens is 192 g/mol. The third-order valence-electron chi connectivity index (χ3n) is 0.863. The molecule has 12 heavy (non-hydrogen) atoms. The van der Waals surface area contributed by atoms with Crippen molar-refractivity contribution in [3.8, 4) is 0 Å². The van der Waals surface area contributed by atoms with Gasteiger partial charge in [0, 0.05) is 0 Å². The van der Waals surface area contributed by atoms with Crippen LogP contribution in [-0.2, 0) is 20.4 Å². The molecule has 0 aliphatic rings. The van der Waals surface area contributed by atoms with Crippen LogP contribution >= 0.6 is 0 Å². The second-order valence-corrected chi connectivity index (χ2v) is 3.26. The molecule has 0 aromatic rings. The molecule has 0 heterocycles. The number of aliphatic hydroxyl groups excluding tert-OH is 2. The van der Waals surface area contributed by atoms with Crippen LogP contribution in [0.3, 0.4) is 0 Å². The molecule has 0 spiro atoms. The molecule has 8 heteroatoms. The Balaban J connectivity index is 4.39. The Kier molecular flexibility index (Phi) is 3.80. The first-order valence-corrected chi connectivity index (χ1v) is 3.86. The maximum atomic E-state index is 10.6. The molecule has 0 bridgehead atoms. The number of carbonyl (C=O) groups is 2. The summed E-state index contributed by atoms with van der Waals surface area (Å²) in [6.07, 6.45) is 0. The summed E-state index contributed by atoms with van der Waals surface area (Å²) in [7, 11) is -2.76. The smallest absolute Gasteiger partial charge is 0.345 e. The Bertz CT molecular complexity index is 201. The first kappa shape index (κ1) is 11.0. The maximum absolute atomic E-state index is 10.6. The minimum atomic E-state index is -2.76. The zero-order chi connectivity index (χ0) is 9.89. The highest BCUT2D eigenvalue weighted by molar-refractivity contribution is 7.87. The van der Waals surface area contributed by atoms with E-state index in [1.54, 1.807) is 0 Å². The third-order valence-corrected chi connectivity index (χ3v) is 2.15. The number of aliphatic hydroxyl groups is 2. The van der Waals surface area contributed by atoms with Crippen LogP contribution in [0, 0.1) is 0 Å². The molecule has 0 aliphatic carbocycles. The molecule has 0 saturated heterocycles. The molecule has 4 N–H and O–H groups in total. The fraction of sp³-hybridized carbons (Fsp3) is 0.500. The summed E-state index contributed by atoms with van der Waals surface area (Å²) in [5.41, 5.74) is -4.79. The average Bonchev–Trinajstić information content (AvgIpc) is 2.00. The van der Waals surface area contributed by atoms with E-state index in [4.69, 9.17) is 20.4 Å². The van der Waals surface area contributed by atoms with Crippen LogP contribution in [-0.4, -0.2) is 47.4 Å². The van der Waals surface area contributed by atoms with E-state index in [0.717, 1.165) is 0 Å². The van der Waals surface area contributed by atoms with E-state index in [2.05, 4.69) is 0 Å². The van der Waals surface area contributed by atoms with E-state index in [9.17, 15) is 13.8 Å². The Morgan fingerprint density at radius 2 is 1.25 bits per heavy atom. The predicted octanol–water partition coefficient (Wildman–Crippen LogP) is -2.46. The van der Waals surface area contributed by atoms with Crippen molar-refractivity contribution in [2.75, 3.05) is 0 Å². The van der Waals surface area contributed by atoms with Crippen LogP contribution in [0.5, 0.6) is 0 Å². The van der Waals surface area contributed by atoms with Gasteiger partial charge in [0.1, 0.15) is 10.8 Å². The van der Waals surface area contributed by atoms with E-state index in [-0.39, 0.29) is 0 Å². The quantitative estimate of drug-likeness (QED) is 0.393. The molecule has 70 valence electrons. The first-order chi connectivity index (χ1) is 5.37. The summed E-state index contributed by atoms with van der Waals surface area (Å²) in [6, 6.07) is 0. The minimum Gasteiger partial charge on any atom is -0.479 e. The number of carboxylic acid groups (broad SMARTS) is 2. The number of rotatable bonds is 4. The van der Waals surface area contributed by atoms with Gasteiger partial charge in [0.2, 0.25) is 10.9 Å². The zero-order valence-corrected chi connectivity index (χ0v) is 6.39. The van der Waals surface area contributed by atoms with Crippen LogP contribution in [0.2, 0.25) is 0 Å². The van der Waals surface area contributed by atoms with Crippen molar-refractivity contribution >= 4 is 22.7 Å². The largest absolute Gasteiger partial charge is 0.479 e. The van der Waals surface area contributed by atoms with E-state index in [1.807, 2.05) is 0 Å². The van der Waals surface area contributed by atoms with E-state index in [0.29, 0.717) is 0 Å². The van der Waals surface area contributed by atoms with Crippen molar-refractivity contribution in [1.82, 2.24) is 0 Å². The average molecular weight is 198 g/mol. The monoisotopic (exact) mass is 198 g/mol. The van der Waals surface area contributed by atoms with Gasteiger partial charge in [0.05, 0.1) is 0 Å². The summed E-state index contributed by atoms with van der Waals surface area (Å²) < 4.78 is 10.6. The molecule has 0 aliphatic heterocycles. The van der Waals surface area contributed by atoms with Crippen molar-refractivity contribution in [2.24, 2.45) is 0 Å². The van der Waals surface area contributed by atoms with Crippen molar-refractivity contribution in [1.29, 1.82) is 0 Å². The van der Waals surface area contributed by atoms with Crippen LogP contribution in [0.25, 0.3) is 0 Å². The van der Waals surface area contributed by atoms with Crippen molar-refractivity contribution in [3.63, 3.8) is 0 Å². The number of hydrogen-bond donors (Lipinski definition) is 4. The van der Waals surface area contributed by atoms with Gasteiger partial charge in [0.15, 0.2) is 0 Å². The Labute approximate surface area is 68.7 Å². The predicted molar refractivity (Wildman–Crippen MR) is 35.4 cm³/mol. The van der Waals surface area contributed by atoms with E-state index >= 15 is 0 Å². The Morgan fingerprint density at radius 3 is 1.42 bits per heavy atom. The number of aliphatic carboxylic acids is 2. The topological polar surface area (TPSA) is 132 Å². The Morgan fingerprint density at radius 1 is 1.00 bits per heavy atom. The zero-order valence-electron chi connectivity index (χ0n) is 5.58. The van der Waals surface area contributed by atoms with Gasteiger partial charge in [-0.15, -0.1) is 0 Å². The molecule has 0 amide bonds. The molecule has 0 fully saturated rings.